The van der Waals surface area contributed by atoms with Crippen LogP contribution in [0.1, 0.15) is 22.6 Å². The van der Waals surface area contributed by atoms with Crippen molar-refractivity contribution in [1.29, 1.82) is 0 Å². The van der Waals surface area contributed by atoms with Crippen LogP contribution < -0.4 is 10.1 Å². The highest BCUT2D eigenvalue weighted by molar-refractivity contribution is 7.08. The van der Waals surface area contributed by atoms with Gasteiger partial charge in [-0.05, 0) is 53.1 Å². The summed E-state index contributed by atoms with van der Waals surface area (Å²) < 4.78 is 10.4. The molecule has 6 heteroatoms. The first-order chi connectivity index (χ1) is 12.2. The molecule has 0 saturated carbocycles. The molecule has 0 bridgehead atoms. The molecule has 1 aromatic carbocycles. The Hall–Kier alpha value is -2.86. The molecule has 0 fully saturated rings. The van der Waals surface area contributed by atoms with Crippen molar-refractivity contribution >= 4 is 35.1 Å². The molecule has 1 amide bonds. The number of benzene rings is 1. The van der Waals surface area contributed by atoms with Gasteiger partial charge < -0.3 is 14.6 Å². The molecule has 0 spiro atoms. The molecule has 2 aromatic heterocycles. The van der Waals surface area contributed by atoms with Gasteiger partial charge in [-0.3, -0.25) is 4.79 Å². The number of rotatable bonds is 6. The Kier molecular flexibility index (Phi) is 5.30. The van der Waals surface area contributed by atoms with E-state index in [9.17, 15) is 4.79 Å². The first-order valence-corrected chi connectivity index (χ1v) is 8.69. The molecule has 1 N–H and O–H groups in total. The van der Waals surface area contributed by atoms with E-state index in [-0.39, 0.29) is 5.91 Å². The van der Waals surface area contributed by atoms with Gasteiger partial charge in [0.15, 0.2) is 5.76 Å². The first kappa shape index (κ1) is 17.0. The monoisotopic (exact) mass is 354 g/mol. The molecule has 0 aliphatic carbocycles. The van der Waals surface area contributed by atoms with E-state index in [4.69, 9.17) is 9.26 Å². The number of thiophene rings is 1. The van der Waals surface area contributed by atoms with Gasteiger partial charge in [0.1, 0.15) is 17.1 Å². The van der Waals surface area contributed by atoms with Crippen LogP contribution in [-0.4, -0.2) is 18.2 Å². The number of aryl methyl sites for hydroxylation is 1. The van der Waals surface area contributed by atoms with Crippen LogP contribution in [0.25, 0.3) is 12.2 Å². The average molecular weight is 354 g/mol. The largest absolute Gasteiger partial charge is 0.497 e. The van der Waals surface area contributed by atoms with Gasteiger partial charge >= 0.3 is 0 Å². The van der Waals surface area contributed by atoms with Gasteiger partial charge in [0.25, 0.3) is 0 Å². The number of ether oxygens (including phenoxy) is 1. The number of amides is 1. The number of nitrogens with zero attached hydrogens (tertiary/aromatic N) is 1. The molecule has 128 valence electrons. The molecular weight excluding hydrogens is 336 g/mol. The third kappa shape index (κ3) is 4.36. The number of carbonyl (C=O) groups is 1. The Morgan fingerprint density at radius 1 is 1.28 bits per heavy atom. The Balaban J connectivity index is 1.72. The summed E-state index contributed by atoms with van der Waals surface area (Å²) in [5.41, 5.74) is 3.18. The highest BCUT2D eigenvalue weighted by Crippen LogP contribution is 2.23. The SMILES string of the molecule is COc1ccc(C=Cc2noc(C)c2NC(=O)Cc2ccsc2)cc1. The van der Waals surface area contributed by atoms with Crippen molar-refractivity contribution in [3.05, 3.63) is 63.7 Å². The fraction of sp³-hybridized carbons (Fsp3) is 0.158. The van der Waals surface area contributed by atoms with Crippen LogP contribution >= 0.6 is 11.3 Å². The molecule has 0 atom stereocenters. The summed E-state index contributed by atoms with van der Waals surface area (Å²) in [5, 5.41) is 10.8. The van der Waals surface area contributed by atoms with E-state index in [0.29, 0.717) is 23.6 Å². The summed E-state index contributed by atoms with van der Waals surface area (Å²) in [6, 6.07) is 9.60. The maximum absolute atomic E-state index is 12.2. The minimum absolute atomic E-state index is 0.0937. The number of carbonyl (C=O) groups excluding carboxylic acids is 1. The van der Waals surface area contributed by atoms with Crippen molar-refractivity contribution in [2.45, 2.75) is 13.3 Å². The second-order valence-electron chi connectivity index (χ2n) is 5.46. The van der Waals surface area contributed by atoms with Crippen LogP contribution in [-0.2, 0) is 11.2 Å². The minimum atomic E-state index is -0.0937. The van der Waals surface area contributed by atoms with Crippen LogP contribution in [0.3, 0.4) is 0 Å². The molecule has 0 radical (unpaired) electrons. The Labute approximate surface area is 149 Å². The number of hydrogen-bond donors (Lipinski definition) is 1. The number of aromatic nitrogens is 1. The topological polar surface area (TPSA) is 64.4 Å². The maximum atomic E-state index is 12.2. The first-order valence-electron chi connectivity index (χ1n) is 7.75. The molecule has 0 saturated heterocycles. The summed E-state index contributed by atoms with van der Waals surface area (Å²) >= 11 is 1.57. The van der Waals surface area contributed by atoms with Gasteiger partial charge in [0, 0.05) is 0 Å². The van der Waals surface area contributed by atoms with Crippen molar-refractivity contribution in [3.8, 4) is 5.75 Å². The van der Waals surface area contributed by atoms with Crippen molar-refractivity contribution in [3.63, 3.8) is 0 Å². The number of hydrogen-bond acceptors (Lipinski definition) is 5. The van der Waals surface area contributed by atoms with Crippen LogP contribution in [0.5, 0.6) is 5.75 Å². The maximum Gasteiger partial charge on any atom is 0.228 e. The van der Waals surface area contributed by atoms with Crippen molar-refractivity contribution in [2.24, 2.45) is 0 Å². The summed E-state index contributed by atoms with van der Waals surface area (Å²) in [5.74, 6) is 1.28. The number of methoxy groups -OCH3 is 1. The normalized spacial score (nSPS) is 11.0. The zero-order chi connectivity index (χ0) is 17.6. The van der Waals surface area contributed by atoms with Crippen molar-refractivity contribution < 1.29 is 14.1 Å². The third-order valence-corrected chi connectivity index (χ3v) is 4.38. The highest BCUT2D eigenvalue weighted by atomic mass is 32.1. The summed E-state index contributed by atoms with van der Waals surface area (Å²) in [7, 11) is 1.63. The summed E-state index contributed by atoms with van der Waals surface area (Å²) in [6.07, 6.45) is 4.06. The van der Waals surface area contributed by atoms with Crippen molar-refractivity contribution in [1.82, 2.24) is 5.16 Å². The second kappa shape index (κ2) is 7.81. The highest BCUT2D eigenvalue weighted by Gasteiger charge is 2.14. The minimum Gasteiger partial charge on any atom is -0.497 e. The van der Waals surface area contributed by atoms with Gasteiger partial charge in [-0.15, -0.1) is 0 Å². The van der Waals surface area contributed by atoms with Gasteiger partial charge in [0.2, 0.25) is 5.91 Å². The van der Waals surface area contributed by atoms with Gasteiger partial charge in [0.05, 0.1) is 13.5 Å². The standard InChI is InChI=1S/C19H18N2O3S/c1-13-19(20-18(22)11-15-9-10-25-12-15)17(21-24-13)8-5-14-3-6-16(23-2)7-4-14/h3-10,12H,11H2,1-2H3,(H,20,22). The zero-order valence-electron chi connectivity index (χ0n) is 14.0. The van der Waals surface area contributed by atoms with Crippen LogP contribution in [0.2, 0.25) is 0 Å². The van der Waals surface area contributed by atoms with Crippen LogP contribution in [0.4, 0.5) is 5.69 Å². The Bertz CT molecular complexity index is 865. The lowest BCUT2D eigenvalue weighted by Gasteiger charge is -2.03. The van der Waals surface area contributed by atoms with E-state index in [2.05, 4.69) is 10.5 Å². The molecule has 2 heterocycles. The van der Waals surface area contributed by atoms with E-state index in [1.807, 2.05) is 53.2 Å². The fourth-order valence-corrected chi connectivity index (χ4v) is 2.98. The van der Waals surface area contributed by atoms with Gasteiger partial charge in [-0.1, -0.05) is 23.4 Å². The number of anilines is 1. The lowest BCUT2D eigenvalue weighted by Crippen LogP contribution is -2.14. The Morgan fingerprint density at radius 2 is 2.08 bits per heavy atom. The third-order valence-electron chi connectivity index (χ3n) is 3.65. The molecule has 3 aromatic rings. The molecule has 5 nitrogen and oxygen atoms in total. The molecule has 0 aliphatic rings. The molecule has 0 unspecified atom stereocenters. The average Bonchev–Trinajstić information content (AvgIpc) is 3.24. The lowest BCUT2D eigenvalue weighted by atomic mass is 10.1. The Morgan fingerprint density at radius 3 is 2.76 bits per heavy atom. The van der Waals surface area contributed by atoms with E-state index in [1.54, 1.807) is 25.4 Å². The van der Waals surface area contributed by atoms with Gasteiger partial charge in [-0.2, -0.15) is 11.3 Å². The van der Waals surface area contributed by atoms with Crippen molar-refractivity contribution in [2.75, 3.05) is 12.4 Å². The van der Waals surface area contributed by atoms with Crippen LogP contribution in [0, 0.1) is 6.92 Å². The molecule has 25 heavy (non-hydrogen) atoms. The zero-order valence-corrected chi connectivity index (χ0v) is 14.8. The second-order valence-corrected chi connectivity index (χ2v) is 6.24. The quantitative estimate of drug-likeness (QED) is 0.712. The van der Waals surface area contributed by atoms with E-state index in [1.165, 1.54) is 0 Å². The molecular formula is C19H18N2O3S. The van der Waals surface area contributed by atoms with Crippen LogP contribution in [0.15, 0.2) is 45.6 Å². The fourth-order valence-electron chi connectivity index (χ4n) is 2.31. The summed E-state index contributed by atoms with van der Waals surface area (Å²) in [6.45, 7) is 1.78. The van der Waals surface area contributed by atoms with E-state index in [0.717, 1.165) is 16.9 Å². The summed E-state index contributed by atoms with van der Waals surface area (Å²) in [4.78, 5) is 12.2. The van der Waals surface area contributed by atoms with E-state index >= 15 is 0 Å². The lowest BCUT2D eigenvalue weighted by molar-refractivity contribution is -0.115. The predicted octanol–water partition coefficient (Wildman–Crippen LogP) is 4.40. The molecule has 0 aliphatic heterocycles. The number of nitrogens with one attached hydrogen (secondary N) is 1. The predicted molar refractivity (Wildman–Crippen MR) is 99.8 cm³/mol. The van der Waals surface area contributed by atoms with Gasteiger partial charge in [-0.25, -0.2) is 0 Å². The van der Waals surface area contributed by atoms with E-state index < -0.39 is 0 Å². The molecule has 3 rings (SSSR count). The smallest absolute Gasteiger partial charge is 0.228 e.